The molecule has 0 spiro atoms. The highest BCUT2D eigenvalue weighted by atomic mass is 16.2. The molecular formula is C12H19N5O. The van der Waals surface area contributed by atoms with Crippen molar-refractivity contribution in [1.82, 2.24) is 15.5 Å². The molecule has 0 aromatic carbocycles. The topological polar surface area (TPSA) is 70.2 Å². The molecule has 0 atom stereocenters. The number of rotatable bonds is 5. The van der Waals surface area contributed by atoms with E-state index in [1.807, 2.05) is 6.07 Å². The first-order valence-corrected chi connectivity index (χ1v) is 6.39. The monoisotopic (exact) mass is 249 g/mol. The molecule has 98 valence electrons. The zero-order chi connectivity index (χ0) is 13.0. The second-order valence-corrected chi connectivity index (χ2v) is 4.32. The summed E-state index contributed by atoms with van der Waals surface area (Å²) in [5, 5.41) is 13.6. The fourth-order valence-corrected chi connectivity index (χ4v) is 1.67. The summed E-state index contributed by atoms with van der Waals surface area (Å²) in [5.74, 6) is 1.30. The quantitative estimate of drug-likeness (QED) is 0.831. The summed E-state index contributed by atoms with van der Waals surface area (Å²) in [4.78, 5) is 13.6. The third-order valence-electron chi connectivity index (χ3n) is 2.89. The molecular weight excluding hydrogens is 230 g/mol. The third-order valence-corrected chi connectivity index (χ3v) is 2.89. The third kappa shape index (κ3) is 3.32. The van der Waals surface area contributed by atoms with Crippen molar-refractivity contribution in [3.05, 3.63) is 12.1 Å². The van der Waals surface area contributed by atoms with Gasteiger partial charge < -0.3 is 10.2 Å². The molecule has 2 amide bonds. The number of aromatic nitrogens is 2. The predicted molar refractivity (Wildman–Crippen MR) is 70.8 cm³/mol. The molecule has 0 bridgehead atoms. The second kappa shape index (κ2) is 5.66. The fourth-order valence-electron chi connectivity index (χ4n) is 1.67. The molecule has 6 heteroatoms. The molecule has 1 heterocycles. The van der Waals surface area contributed by atoms with Gasteiger partial charge in [-0.1, -0.05) is 0 Å². The van der Waals surface area contributed by atoms with Gasteiger partial charge in [-0.3, -0.25) is 5.32 Å². The zero-order valence-electron chi connectivity index (χ0n) is 10.8. The van der Waals surface area contributed by atoms with Crippen molar-refractivity contribution < 1.29 is 4.79 Å². The van der Waals surface area contributed by atoms with E-state index in [1.54, 1.807) is 6.07 Å². The highest BCUT2D eigenvalue weighted by Gasteiger charge is 2.23. The number of anilines is 2. The van der Waals surface area contributed by atoms with Gasteiger partial charge in [0.2, 0.25) is 0 Å². The first-order valence-electron chi connectivity index (χ1n) is 6.39. The molecule has 1 fully saturated rings. The van der Waals surface area contributed by atoms with Crippen LogP contribution in [0.2, 0.25) is 0 Å². The van der Waals surface area contributed by atoms with Crippen LogP contribution in [-0.2, 0) is 0 Å². The van der Waals surface area contributed by atoms with Gasteiger partial charge in [0.1, 0.15) is 0 Å². The number of carbonyl (C=O) groups is 1. The van der Waals surface area contributed by atoms with E-state index in [4.69, 9.17) is 0 Å². The molecule has 1 aliphatic carbocycles. The standard InChI is InChI=1S/C12H19N5O/c1-3-17(4-2)11-8-7-10(15-16-11)14-12(18)13-9-5-6-9/h7-9H,3-6H2,1-2H3,(H2,13,14,15,18). The van der Waals surface area contributed by atoms with Gasteiger partial charge in [0, 0.05) is 19.1 Å². The number of urea groups is 1. The summed E-state index contributed by atoms with van der Waals surface area (Å²) in [7, 11) is 0. The SMILES string of the molecule is CCN(CC)c1ccc(NC(=O)NC2CC2)nn1. The van der Waals surface area contributed by atoms with Crippen LogP contribution in [-0.4, -0.2) is 35.4 Å². The molecule has 1 aliphatic rings. The minimum absolute atomic E-state index is 0.206. The van der Waals surface area contributed by atoms with Crippen molar-refractivity contribution in [3.8, 4) is 0 Å². The normalized spacial score (nSPS) is 14.1. The fraction of sp³-hybridized carbons (Fsp3) is 0.583. The van der Waals surface area contributed by atoms with E-state index in [2.05, 4.69) is 39.6 Å². The number of nitrogens with zero attached hydrogens (tertiary/aromatic N) is 3. The predicted octanol–water partition coefficient (Wildman–Crippen LogP) is 1.61. The van der Waals surface area contributed by atoms with Crippen LogP contribution in [0.25, 0.3) is 0 Å². The Labute approximate surface area is 107 Å². The molecule has 0 radical (unpaired) electrons. The molecule has 18 heavy (non-hydrogen) atoms. The highest BCUT2D eigenvalue weighted by molar-refractivity contribution is 5.88. The molecule has 0 saturated heterocycles. The van der Waals surface area contributed by atoms with E-state index in [1.165, 1.54) is 0 Å². The largest absolute Gasteiger partial charge is 0.356 e. The average molecular weight is 249 g/mol. The number of carbonyl (C=O) groups excluding carboxylic acids is 1. The minimum atomic E-state index is -0.206. The summed E-state index contributed by atoms with van der Waals surface area (Å²) in [6, 6.07) is 3.77. The molecule has 0 unspecified atom stereocenters. The van der Waals surface area contributed by atoms with Crippen molar-refractivity contribution >= 4 is 17.7 Å². The Morgan fingerprint density at radius 2 is 2.06 bits per heavy atom. The van der Waals surface area contributed by atoms with Crippen molar-refractivity contribution in [3.63, 3.8) is 0 Å². The Kier molecular flexibility index (Phi) is 3.96. The maximum atomic E-state index is 11.5. The lowest BCUT2D eigenvalue weighted by atomic mass is 10.4. The van der Waals surface area contributed by atoms with Gasteiger partial charge in [-0.05, 0) is 38.8 Å². The molecule has 1 aromatic rings. The summed E-state index contributed by atoms with van der Waals surface area (Å²) in [5.41, 5.74) is 0. The Hall–Kier alpha value is -1.85. The van der Waals surface area contributed by atoms with Crippen molar-refractivity contribution in [2.75, 3.05) is 23.3 Å². The molecule has 2 N–H and O–H groups in total. The number of amides is 2. The van der Waals surface area contributed by atoms with Crippen LogP contribution >= 0.6 is 0 Å². The Morgan fingerprint density at radius 1 is 1.33 bits per heavy atom. The lowest BCUT2D eigenvalue weighted by Crippen LogP contribution is -2.31. The van der Waals surface area contributed by atoms with E-state index < -0.39 is 0 Å². The van der Waals surface area contributed by atoms with Crippen LogP contribution in [0.15, 0.2) is 12.1 Å². The van der Waals surface area contributed by atoms with Crippen LogP contribution in [0.1, 0.15) is 26.7 Å². The van der Waals surface area contributed by atoms with Gasteiger partial charge in [-0.2, -0.15) is 0 Å². The van der Waals surface area contributed by atoms with Gasteiger partial charge in [0.05, 0.1) is 0 Å². The Balaban J connectivity index is 1.91. The molecule has 1 saturated carbocycles. The summed E-state index contributed by atoms with van der Waals surface area (Å²) in [6.45, 7) is 5.92. The lowest BCUT2D eigenvalue weighted by Gasteiger charge is -2.18. The molecule has 1 aromatic heterocycles. The van der Waals surface area contributed by atoms with Gasteiger partial charge >= 0.3 is 6.03 Å². The maximum absolute atomic E-state index is 11.5. The highest BCUT2D eigenvalue weighted by Crippen LogP contribution is 2.18. The number of nitrogens with one attached hydrogen (secondary N) is 2. The van der Waals surface area contributed by atoms with Gasteiger partial charge in [-0.25, -0.2) is 4.79 Å². The minimum Gasteiger partial charge on any atom is -0.356 e. The van der Waals surface area contributed by atoms with Gasteiger partial charge in [0.25, 0.3) is 0 Å². The van der Waals surface area contributed by atoms with Crippen LogP contribution in [0.4, 0.5) is 16.4 Å². The van der Waals surface area contributed by atoms with Gasteiger partial charge in [0.15, 0.2) is 11.6 Å². The average Bonchev–Trinajstić information content (AvgIpc) is 3.16. The Bertz CT molecular complexity index is 397. The Morgan fingerprint density at radius 3 is 2.56 bits per heavy atom. The summed E-state index contributed by atoms with van der Waals surface area (Å²) in [6.07, 6.45) is 2.14. The van der Waals surface area contributed by atoms with Crippen LogP contribution in [0.5, 0.6) is 0 Å². The van der Waals surface area contributed by atoms with Crippen LogP contribution in [0, 0.1) is 0 Å². The van der Waals surface area contributed by atoms with Crippen molar-refractivity contribution in [2.45, 2.75) is 32.7 Å². The van der Waals surface area contributed by atoms with E-state index in [0.29, 0.717) is 11.9 Å². The second-order valence-electron chi connectivity index (χ2n) is 4.32. The van der Waals surface area contributed by atoms with Crippen molar-refractivity contribution in [2.24, 2.45) is 0 Å². The van der Waals surface area contributed by atoms with E-state index in [0.717, 1.165) is 31.7 Å². The van der Waals surface area contributed by atoms with E-state index in [9.17, 15) is 4.79 Å². The first-order chi connectivity index (χ1) is 8.72. The first kappa shape index (κ1) is 12.6. The number of hydrogen-bond acceptors (Lipinski definition) is 4. The van der Waals surface area contributed by atoms with E-state index in [-0.39, 0.29) is 6.03 Å². The summed E-state index contributed by atoms with van der Waals surface area (Å²) < 4.78 is 0. The molecule has 0 aliphatic heterocycles. The van der Waals surface area contributed by atoms with Crippen molar-refractivity contribution in [1.29, 1.82) is 0 Å². The lowest BCUT2D eigenvalue weighted by molar-refractivity contribution is 0.251. The molecule has 2 rings (SSSR count). The summed E-state index contributed by atoms with van der Waals surface area (Å²) >= 11 is 0. The zero-order valence-corrected chi connectivity index (χ0v) is 10.8. The molecule has 6 nitrogen and oxygen atoms in total. The van der Waals surface area contributed by atoms with Crippen LogP contribution < -0.4 is 15.5 Å². The van der Waals surface area contributed by atoms with E-state index >= 15 is 0 Å². The smallest absolute Gasteiger partial charge is 0.320 e. The van der Waals surface area contributed by atoms with Crippen LogP contribution in [0.3, 0.4) is 0 Å². The van der Waals surface area contributed by atoms with Gasteiger partial charge in [-0.15, -0.1) is 10.2 Å². The maximum Gasteiger partial charge on any atom is 0.320 e. The number of hydrogen-bond donors (Lipinski definition) is 2.